The number of hydrogen-bond donors (Lipinski definition) is 0. The van der Waals surface area contributed by atoms with Crippen LogP contribution in [0.4, 0.5) is 11.4 Å². The highest BCUT2D eigenvalue weighted by Crippen LogP contribution is 2.30. The zero-order chi connectivity index (χ0) is 20.9. The van der Waals surface area contributed by atoms with E-state index in [0.29, 0.717) is 11.3 Å². The largest absolute Gasteiger partial charge is 0.281 e. The van der Waals surface area contributed by atoms with E-state index in [2.05, 4.69) is 0 Å². The van der Waals surface area contributed by atoms with Gasteiger partial charge >= 0.3 is 0 Å². The molecule has 29 heavy (non-hydrogen) atoms. The molecule has 8 heteroatoms. The quantitative estimate of drug-likeness (QED) is 0.749. The molecule has 5 amide bonds. The first-order chi connectivity index (χ1) is 13.8. The van der Waals surface area contributed by atoms with E-state index in [1.807, 2.05) is 0 Å². The molecule has 2 aromatic rings. The molecule has 2 aliphatic rings. The van der Waals surface area contributed by atoms with Crippen LogP contribution in [0.15, 0.2) is 60.2 Å². The highest BCUT2D eigenvalue weighted by molar-refractivity contribution is 6.30. The SMILES string of the molecule is CC(=O)N(c1ccc(N2C(=O)C=C(C)C2=O)cc1)N1C(=O)c2ccccc2C1=O. The average Bonchev–Trinajstić information content (AvgIpc) is 3.10. The zero-order valence-electron chi connectivity index (χ0n) is 15.6. The van der Waals surface area contributed by atoms with Crippen molar-refractivity contribution < 1.29 is 24.0 Å². The van der Waals surface area contributed by atoms with Crippen molar-refractivity contribution in [2.24, 2.45) is 0 Å². The summed E-state index contributed by atoms with van der Waals surface area (Å²) in [6, 6.07) is 12.2. The molecule has 0 aliphatic carbocycles. The Morgan fingerprint density at radius 2 is 1.38 bits per heavy atom. The summed E-state index contributed by atoms with van der Waals surface area (Å²) >= 11 is 0. The molecule has 144 valence electrons. The van der Waals surface area contributed by atoms with E-state index in [4.69, 9.17) is 0 Å². The van der Waals surface area contributed by atoms with Crippen molar-refractivity contribution in [2.45, 2.75) is 13.8 Å². The minimum absolute atomic E-state index is 0.218. The molecule has 0 aromatic heterocycles. The molecule has 0 fully saturated rings. The van der Waals surface area contributed by atoms with Gasteiger partial charge in [-0.3, -0.25) is 24.0 Å². The molecule has 8 nitrogen and oxygen atoms in total. The topological polar surface area (TPSA) is 95.1 Å². The average molecular weight is 389 g/mol. The minimum atomic E-state index is -0.602. The van der Waals surface area contributed by atoms with E-state index in [0.717, 1.165) is 14.9 Å². The van der Waals surface area contributed by atoms with Gasteiger partial charge in [-0.15, -0.1) is 0 Å². The molecule has 0 saturated heterocycles. The van der Waals surface area contributed by atoms with Crippen LogP contribution in [0.1, 0.15) is 34.6 Å². The Morgan fingerprint density at radius 3 is 1.83 bits per heavy atom. The van der Waals surface area contributed by atoms with Crippen LogP contribution in [0.3, 0.4) is 0 Å². The number of nitrogens with zero attached hydrogens (tertiary/aromatic N) is 3. The van der Waals surface area contributed by atoms with Gasteiger partial charge in [-0.25, -0.2) is 9.91 Å². The lowest BCUT2D eigenvalue weighted by molar-refractivity contribution is -0.120. The molecule has 0 radical (unpaired) electrons. The molecule has 0 N–H and O–H groups in total. The van der Waals surface area contributed by atoms with Gasteiger partial charge in [0.15, 0.2) is 0 Å². The molecule has 4 rings (SSSR count). The molecular weight excluding hydrogens is 374 g/mol. The Hall–Kier alpha value is -4.07. The summed E-state index contributed by atoms with van der Waals surface area (Å²) in [6.07, 6.45) is 1.25. The monoisotopic (exact) mass is 389 g/mol. The van der Waals surface area contributed by atoms with Gasteiger partial charge in [-0.2, -0.15) is 5.01 Å². The lowest BCUT2D eigenvalue weighted by Gasteiger charge is -2.29. The first-order valence-electron chi connectivity index (χ1n) is 8.76. The van der Waals surface area contributed by atoms with Gasteiger partial charge in [-0.1, -0.05) is 12.1 Å². The van der Waals surface area contributed by atoms with E-state index in [1.165, 1.54) is 49.4 Å². The number of imide groups is 2. The molecule has 2 aromatic carbocycles. The fourth-order valence-corrected chi connectivity index (χ4v) is 3.37. The molecular formula is C21H15N3O5. The summed E-state index contributed by atoms with van der Waals surface area (Å²) in [7, 11) is 0. The number of rotatable bonds is 3. The van der Waals surface area contributed by atoms with Crippen LogP contribution >= 0.6 is 0 Å². The third-order valence-electron chi connectivity index (χ3n) is 4.72. The van der Waals surface area contributed by atoms with Gasteiger partial charge in [-0.05, 0) is 43.3 Å². The smallest absolute Gasteiger partial charge is 0.273 e. The van der Waals surface area contributed by atoms with Crippen LogP contribution in [-0.4, -0.2) is 34.5 Å². The summed E-state index contributed by atoms with van der Waals surface area (Å²) in [5.74, 6) is -2.63. The summed E-state index contributed by atoms with van der Waals surface area (Å²) < 4.78 is 0. The van der Waals surface area contributed by atoms with Gasteiger partial charge in [0.2, 0.25) is 5.91 Å². The Balaban J connectivity index is 1.69. The number of benzene rings is 2. The predicted molar refractivity (Wildman–Crippen MR) is 103 cm³/mol. The Bertz CT molecular complexity index is 1100. The van der Waals surface area contributed by atoms with Crippen LogP contribution in [0.25, 0.3) is 0 Å². The van der Waals surface area contributed by atoms with E-state index in [9.17, 15) is 24.0 Å². The van der Waals surface area contributed by atoms with Crippen molar-refractivity contribution in [3.05, 3.63) is 71.3 Å². The van der Waals surface area contributed by atoms with Crippen molar-refractivity contribution in [2.75, 3.05) is 9.91 Å². The predicted octanol–water partition coefficient (Wildman–Crippen LogP) is 2.07. The number of carbonyl (C=O) groups excluding carboxylic acids is 5. The second kappa shape index (κ2) is 6.52. The fourth-order valence-electron chi connectivity index (χ4n) is 3.37. The first-order valence-corrected chi connectivity index (χ1v) is 8.76. The van der Waals surface area contributed by atoms with E-state index >= 15 is 0 Å². The molecule has 0 bridgehead atoms. The summed E-state index contributed by atoms with van der Waals surface area (Å²) in [5, 5.41) is 1.77. The number of hydrogen-bond acceptors (Lipinski definition) is 5. The van der Waals surface area contributed by atoms with Gasteiger partial charge in [0.1, 0.15) is 0 Å². The van der Waals surface area contributed by atoms with Gasteiger partial charge in [0.25, 0.3) is 23.6 Å². The van der Waals surface area contributed by atoms with Crippen molar-refractivity contribution in [1.29, 1.82) is 0 Å². The summed E-state index contributed by atoms with van der Waals surface area (Å²) in [6.45, 7) is 2.78. The number of fused-ring (bicyclic) bond motifs is 1. The fraction of sp³-hybridized carbons (Fsp3) is 0.0952. The molecule has 2 heterocycles. The molecule has 0 saturated carbocycles. The molecule has 0 atom stereocenters. The standard InChI is InChI=1S/C21H15N3O5/c1-12-11-18(26)22(19(12)27)14-7-9-15(10-8-14)23(13(2)25)24-20(28)16-5-3-4-6-17(16)21(24)29/h3-11H,1-2H3. The van der Waals surface area contributed by atoms with Gasteiger partial charge in [0.05, 0.1) is 22.5 Å². The maximum absolute atomic E-state index is 12.7. The second-order valence-corrected chi connectivity index (χ2v) is 6.62. The van der Waals surface area contributed by atoms with Crippen molar-refractivity contribution in [3.63, 3.8) is 0 Å². The second-order valence-electron chi connectivity index (χ2n) is 6.62. The van der Waals surface area contributed by atoms with E-state index in [-0.39, 0.29) is 16.8 Å². The third-order valence-corrected chi connectivity index (χ3v) is 4.72. The van der Waals surface area contributed by atoms with Crippen LogP contribution < -0.4 is 9.91 Å². The number of hydrazine groups is 1. The Kier molecular flexibility index (Phi) is 4.11. The van der Waals surface area contributed by atoms with E-state index in [1.54, 1.807) is 19.1 Å². The van der Waals surface area contributed by atoms with Gasteiger partial charge in [0, 0.05) is 18.6 Å². The van der Waals surface area contributed by atoms with Crippen LogP contribution in [0.2, 0.25) is 0 Å². The first kappa shape index (κ1) is 18.3. The summed E-state index contributed by atoms with van der Waals surface area (Å²) in [5.41, 5.74) is 1.34. The third kappa shape index (κ3) is 2.73. The van der Waals surface area contributed by atoms with Gasteiger partial charge < -0.3 is 0 Å². The summed E-state index contributed by atoms with van der Waals surface area (Å²) in [4.78, 5) is 62.9. The zero-order valence-corrected chi connectivity index (χ0v) is 15.6. The molecule has 0 spiro atoms. The van der Waals surface area contributed by atoms with Crippen LogP contribution in [0.5, 0.6) is 0 Å². The Labute approximate surface area is 165 Å². The molecule has 0 unspecified atom stereocenters. The van der Waals surface area contributed by atoms with Crippen molar-refractivity contribution >= 4 is 40.9 Å². The van der Waals surface area contributed by atoms with Crippen LogP contribution in [0, 0.1) is 0 Å². The number of anilines is 2. The lowest BCUT2D eigenvalue weighted by Crippen LogP contribution is -2.49. The maximum atomic E-state index is 12.7. The van der Waals surface area contributed by atoms with Crippen molar-refractivity contribution in [3.8, 4) is 0 Å². The maximum Gasteiger partial charge on any atom is 0.281 e. The Morgan fingerprint density at radius 1 is 0.828 bits per heavy atom. The highest BCUT2D eigenvalue weighted by atomic mass is 16.2. The minimum Gasteiger partial charge on any atom is -0.273 e. The van der Waals surface area contributed by atoms with E-state index < -0.39 is 29.5 Å². The molecule has 2 aliphatic heterocycles. The van der Waals surface area contributed by atoms with Crippen molar-refractivity contribution in [1.82, 2.24) is 5.01 Å². The van der Waals surface area contributed by atoms with Crippen LogP contribution in [-0.2, 0) is 14.4 Å². The normalized spacial score (nSPS) is 15.7. The number of carbonyl (C=O) groups is 5. The number of amides is 5. The lowest BCUT2D eigenvalue weighted by atomic mass is 10.1. The highest BCUT2D eigenvalue weighted by Gasteiger charge is 2.41.